The normalized spacial score (nSPS) is 12.2. The number of nitrogens with one attached hydrogen (secondary N) is 2. The largest absolute Gasteiger partial charge is 0.323 e. The van der Waals surface area contributed by atoms with Crippen LogP contribution in [0, 0.1) is 0 Å². The van der Waals surface area contributed by atoms with E-state index in [4.69, 9.17) is 29.9 Å². The standard InChI is InChI=1S/C80H122N8S8/c1-9-17-25-33-41-49-57-89-65-66(90-58-50-42-34-26-18-10-2)74-81-73(65)85-75-67(91-59-51-43-35-27-19-11-3)68(92-60-52-44-36-28-20-12-4)77(82-75)87-79-71(95-63-55-47-39-31-23-15-7)72(96-64-56-48-40-32-24-16-8)80(84-79)88-78-70(94-62-54-46-38-30-22-14-6)69(76(83-78)86-74)93-61-53-45-37-29-21-13-5/h9-16H,1-8,17-64H2,(H2,81,82,83,84,85,86,87,88). The van der Waals surface area contributed by atoms with E-state index >= 15 is 0 Å². The molecule has 5 rings (SSSR count). The number of fused-ring (bicyclic) bond motifs is 8. The molecule has 2 aliphatic rings. The van der Waals surface area contributed by atoms with Gasteiger partial charge in [0.05, 0.1) is 39.2 Å². The van der Waals surface area contributed by atoms with E-state index in [2.05, 4.69) is 111 Å². The molecule has 0 amide bonds. The molecule has 8 bridgehead atoms. The van der Waals surface area contributed by atoms with Crippen molar-refractivity contribution in [2.75, 3.05) is 46.0 Å². The number of aromatic amines is 2. The Balaban J connectivity index is 1.91. The molecule has 0 spiro atoms. The van der Waals surface area contributed by atoms with Crippen molar-refractivity contribution in [1.29, 1.82) is 0 Å². The van der Waals surface area contributed by atoms with E-state index < -0.39 is 0 Å². The summed E-state index contributed by atoms with van der Waals surface area (Å²) < 4.78 is 0. The quantitative estimate of drug-likeness (QED) is 0.0318. The zero-order chi connectivity index (χ0) is 68.1. The van der Waals surface area contributed by atoms with Gasteiger partial charge in [0.25, 0.3) is 0 Å². The first-order valence-corrected chi connectivity index (χ1v) is 45.0. The summed E-state index contributed by atoms with van der Waals surface area (Å²) in [6.45, 7) is 32.1. The lowest BCUT2D eigenvalue weighted by Gasteiger charge is -2.09. The van der Waals surface area contributed by atoms with E-state index in [1.807, 2.05) is 94.1 Å². The molecule has 8 nitrogen and oxygen atoms in total. The van der Waals surface area contributed by atoms with Crippen LogP contribution in [0.1, 0.15) is 280 Å². The summed E-state index contributed by atoms with van der Waals surface area (Å²) >= 11 is 15.5. The third kappa shape index (κ3) is 33.2. The Labute approximate surface area is 618 Å². The molecule has 5 heterocycles. The van der Waals surface area contributed by atoms with Crippen LogP contribution >= 0.6 is 94.1 Å². The highest BCUT2D eigenvalue weighted by molar-refractivity contribution is 8.14. The van der Waals surface area contributed by atoms with E-state index in [1.54, 1.807) is 0 Å². The molecule has 0 atom stereocenters. The second-order valence-corrected chi connectivity index (χ2v) is 33.8. The monoisotopic (exact) mass is 1450 g/mol. The minimum atomic E-state index is 0.728. The summed E-state index contributed by atoms with van der Waals surface area (Å²) in [6.07, 6.45) is 62.4. The smallest absolute Gasteiger partial charge is 0.171 e. The third-order valence-electron chi connectivity index (χ3n) is 16.7. The Kier molecular flexibility index (Phi) is 48.6. The predicted octanol–water partition coefficient (Wildman–Crippen LogP) is 27.9. The molecular weight excluding hydrogens is 1330 g/mol. The Morgan fingerprint density at radius 3 is 0.562 bits per heavy atom. The maximum absolute atomic E-state index is 5.90. The Morgan fingerprint density at radius 2 is 0.365 bits per heavy atom. The lowest BCUT2D eigenvalue weighted by atomic mass is 10.2. The van der Waals surface area contributed by atoms with Gasteiger partial charge in [-0.2, -0.15) is 0 Å². The number of thioether (sulfide) groups is 8. The van der Waals surface area contributed by atoms with Gasteiger partial charge >= 0.3 is 0 Å². The molecule has 0 aromatic carbocycles. The van der Waals surface area contributed by atoms with Crippen LogP contribution < -0.4 is 0 Å². The van der Waals surface area contributed by atoms with Gasteiger partial charge in [0.2, 0.25) is 0 Å². The van der Waals surface area contributed by atoms with Crippen molar-refractivity contribution < 1.29 is 0 Å². The molecule has 0 saturated carbocycles. The molecule has 0 unspecified atom stereocenters. The van der Waals surface area contributed by atoms with Gasteiger partial charge in [-0.05, 0) is 200 Å². The first kappa shape index (κ1) is 83.7. The second kappa shape index (κ2) is 55.7. The molecule has 530 valence electrons. The number of hydrogen-bond acceptors (Lipinski definition) is 14. The number of allylic oxidation sites excluding steroid dienone is 8. The van der Waals surface area contributed by atoms with Gasteiger partial charge in [0, 0.05) is 0 Å². The number of rotatable bonds is 64. The van der Waals surface area contributed by atoms with Crippen molar-refractivity contribution >= 4 is 136 Å². The van der Waals surface area contributed by atoms with Crippen LogP contribution in [0.4, 0.5) is 0 Å². The molecule has 2 N–H and O–H groups in total. The van der Waals surface area contributed by atoms with E-state index in [0.717, 1.165) is 214 Å². The minimum Gasteiger partial charge on any atom is -0.323 e. The summed E-state index contributed by atoms with van der Waals surface area (Å²) in [5.41, 5.74) is 3.41. The van der Waals surface area contributed by atoms with Crippen molar-refractivity contribution in [3.8, 4) is 0 Å². The minimum absolute atomic E-state index is 0.728. The zero-order valence-electron chi connectivity index (χ0n) is 59.2. The zero-order valence-corrected chi connectivity index (χ0v) is 65.7. The average molecular weight is 1450 g/mol. The summed E-state index contributed by atoms with van der Waals surface area (Å²) in [6, 6.07) is 0. The van der Waals surface area contributed by atoms with Crippen LogP contribution in [0.5, 0.6) is 0 Å². The molecule has 0 aliphatic carbocycles. The van der Waals surface area contributed by atoms with Crippen LogP contribution in [-0.2, 0) is 0 Å². The molecular formula is C80H122N8S8. The maximum atomic E-state index is 5.90. The van der Waals surface area contributed by atoms with Crippen LogP contribution in [0.3, 0.4) is 0 Å². The van der Waals surface area contributed by atoms with Crippen LogP contribution in [0.25, 0.3) is 42.2 Å². The van der Waals surface area contributed by atoms with Gasteiger partial charge in [0.1, 0.15) is 22.6 Å². The molecule has 3 aromatic heterocycles. The Bertz CT molecular complexity index is 2790. The van der Waals surface area contributed by atoms with Gasteiger partial charge in [-0.25, -0.2) is 29.9 Å². The van der Waals surface area contributed by atoms with Crippen molar-refractivity contribution in [2.45, 2.75) is 276 Å². The molecule has 0 saturated heterocycles. The molecule has 96 heavy (non-hydrogen) atoms. The maximum Gasteiger partial charge on any atom is 0.171 e. The van der Waals surface area contributed by atoms with Crippen LogP contribution in [0.2, 0.25) is 0 Å². The lowest BCUT2D eigenvalue weighted by Crippen LogP contribution is -1.93. The fourth-order valence-electron chi connectivity index (χ4n) is 11.1. The molecule has 2 aliphatic heterocycles. The lowest BCUT2D eigenvalue weighted by molar-refractivity contribution is 0.678. The summed E-state index contributed by atoms with van der Waals surface area (Å²) in [4.78, 5) is 52.1. The summed E-state index contributed by atoms with van der Waals surface area (Å²) in [7, 11) is 0. The van der Waals surface area contributed by atoms with Gasteiger partial charge in [0.15, 0.2) is 23.3 Å². The van der Waals surface area contributed by atoms with E-state index in [-0.39, 0.29) is 0 Å². The topological polar surface area (TPSA) is 109 Å². The van der Waals surface area contributed by atoms with Crippen molar-refractivity contribution in [1.82, 2.24) is 39.9 Å². The number of hydrogen-bond donors (Lipinski definition) is 2. The average Bonchev–Trinajstić information content (AvgIpc) is 1.62. The molecule has 0 radical (unpaired) electrons. The molecule has 0 fully saturated rings. The van der Waals surface area contributed by atoms with Crippen LogP contribution in [0.15, 0.2) is 121 Å². The van der Waals surface area contributed by atoms with Crippen molar-refractivity contribution in [3.63, 3.8) is 0 Å². The van der Waals surface area contributed by atoms with Crippen molar-refractivity contribution in [2.24, 2.45) is 0 Å². The Hall–Kier alpha value is -2.96. The number of H-pyrrole nitrogens is 2. The van der Waals surface area contributed by atoms with E-state index in [1.165, 1.54) is 174 Å². The van der Waals surface area contributed by atoms with Crippen LogP contribution in [-0.4, -0.2) is 85.9 Å². The number of nitrogens with zero attached hydrogens (tertiary/aromatic N) is 6. The Morgan fingerprint density at radius 1 is 0.198 bits per heavy atom. The second-order valence-electron chi connectivity index (χ2n) is 25.0. The van der Waals surface area contributed by atoms with Gasteiger partial charge < -0.3 is 9.97 Å². The first-order chi connectivity index (χ1) is 47.5. The van der Waals surface area contributed by atoms with E-state index in [0.29, 0.717) is 0 Å². The predicted molar refractivity (Wildman–Crippen MR) is 445 cm³/mol. The van der Waals surface area contributed by atoms with Gasteiger partial charge in [-0.1, -0.05) is 151 Å². The number of aromatic nitrogens is 8. The van der Waals surface area contributed by atoms with Crippen molar-refractivity contribution in [3.05, 3.63) is 125 Å². The highest BCUT2D eigenvalue weighted by Crippen LogP contribution is 2.48. The third-order valence-corrected chi connectivity index (χ3v) is 26.6. The fourth-order valence-corrected chi connectivity index (χ4v) is 20.6. The number of unbranched alkanes of at least 4 members (excludes halogenated alkanes) is 32. The van der Waals surface area contributed by atoms with Gasteiger partial charge in [-0.15, -0.1) is 147 Å². The fraction of sp³-hybridized carbons (Fsp3) is 0.600. The first-order valence-electron chi connectivity index (χ1n) is 37.2. The molecule has 16 heteroatoms. The highest BCUT2D eigenvalue weighted by Gasteiger charge is 2.30. The molecule has 3 aromatic rings. The highest BCUT2D eigenvalue weighted by atomic mass is 32.2. The SMILES string of the molecule is C=CCCCCCCSC1=C(SCCCCCCC=C)c2nc1nc1nc(nc3[nH]c(nc4[nH]c(n2)c(SCCCCCCC=C)c4SCCCCCCC=C)c(SCCCCCCC=C)c3SCCCCCCC=C)C(SCCCCCCC=C)=C1SCCCCCCC=C. The van der Waals surface area contributed by atoms with E-state index in [9.17, 15) is 0 Å². The van der Waals surface area contributed by atoms with Gasteiger partial charge in [-0.3, -0.25) is 0 Å². The summed E-state index contributed by atoms with van der Waals surface area (Å²) in [5, 5.41) is 0. The summed E-state index contributed by atoms with van der Waals surface area (Å²) in [5.74, 6) is 10.8.